The molecule has 1 atom stereocenters. The van der Waals surface area contributed by atoms with Gasteiger partial charge >= 0.3 is 0 Å². The topological polar surface area (TPSA) is 78.3 Å². The van der Waals surface area contributed by atoms with Gasteiger partial charge in [-0.15, -0.1) is 5.10 Å². The molecule has 2 aromatic carbocycles. The second-order valence-electron chi connectivity index (χ2n) is 7.85. The van der Waals surface area contributed by atoms with Gasteiger partial charge in [0.05, 0.1) is 14.2 Å². The summed E-state index contributed by atoms with van der Waals surface area (Å²) >= 11 is 0. The first kappa shape index (κ1) is 19.4. The molecule has 1 aliphatic heterocycles. The second kappa shape index (κ2) is 7.58. The van der Waals surface area contributed by atoms with Gasteiger partial charge in [0.2, 0.25) is 5.95 Å². The molecular weight excluding hydrogens is 392 g/mol. The van der Waals surface area contributed by atoms with E-state index < -0.39 is 6.04 Å². The standard InChI is InChI=1S/C24H24N4O3/c1-14-7-4-8-15(13-14)23-26-24-25-17-10-6-11-18(29)20(17)21(28(24)27-23)16-9-5-12-19(30-2)22(16)31-3/h4-5,7-9,12-13,21H,6,10-11H2,1-3H3,(H,25,26,27)/t21-/m1/s1. The number of rotatable bonds is 4. The number of anilines is 1. The minimum absolute atomic E-state index is 0.127. The number of allylic oxidation sites excluding steroid dienone is 2. The van der Waals surface area contributed by atoms with Crippen LogP contribution >= 0.6 is 0 Å². The van der Waals surface area contributed by atoms with Gasteiger partial charge < -0.3 is 14.8 Å². The molecule has 0 saturated heterocycles. The summed E-state index contributed by atoms with van der Waals surface area (Å²) in [5.74, 6) is 2.58. The van der Waals surface area contributed by atoms with Crippen molar-refractivity contribution >= 4 is 11.7 Å². The van der Waals surface area contributed by atoms with Crippen LogP contribution in [0.3, 0.4) is 0 Å². The van der Waals surface area contributed by atoms with Crippen LogP contribution < -0.4 is 14.8 Å². The number of ether oxygens (including phenoxy) is 2. The molecule has 1 aliphatic carbocycles. The van der Waals surface area contributed by atoms with Gasteiger partial charge in [-0.3, -0.25) is 4.79 Å². The van der Waals surface area contributed by atoms with Gasteiger partial charge in [-0.05, 0) is 31.9 Å². The minimum Gasteiger partial charge on any atom is -0.493 e. The van der Waals surface area contributed by atoms with Crippen LogP contribution in [0.2, 0.25) is 0 Å². The van der Waals surface area contributed by atoms with E-state index >= 15 is 0 Å². The Balaban J connectivity index is 1.73. The lowest BCUT2D eigenvalue weighted by molar-refractivity contribution is -0.116. The molecule has 158 valence electrons. The molecule has 1 aromatic heterocycles. The molecule has 7 heteroatoms. The normalized spacial score (nSPS) is 17.6. The van der Waals surface area contributed by atoms with E-state index in [9.17, 15) is 4.79 Å². The maximum atomic E-state index is 13.1. The first-order chi connectivity index (χ1) is 15.1. The molecule has 2 aliphatic rings. The van der Waals surface area contributed by atoms with Crippen molar-refractivity contribution in [3.8, 4) is 22.9 Å². The van der Waals surface area contributed by atoms with Gasteiger partial charge in [0.15, 0.2) is 23.1 Å². The van der Waals surface area contributed by atoms with Gasteiger partial charge in [-0.1, -0.05) is 35.9 Å². The zero-order valence-electron chi connectivity index (χ0n) is 17.8. The molecular formula is C24H24N4O3. The summed E-state index contributed by atoms with van der Waals surface area (Å²) in [5, 5.41) is 8.21. The summed E-state index contributed by atoms with van der Waals surface area (Å²) < 4.78 is 13.0. The van der Waals surface area contributed by atoms with Crippen molar-refractivity contribution in [1.29, 1.82) is 0 Å². The number of nitrogens with one attached hydrogen (secondary N) is 1. The second-order valence-corrected chi connectivity index (χ2v) is 7.85. The van der Waals surface area contributed by atoms with Crippen LogP contribution in [0.1, 0.15) is 36.4 Å². The number of hydrogen-bond donors (Lipinski definition) is 1. The largest absolute Gasteiger partial charge is 0.493 e. The van der Waals surface area contributed by atoms with Crippen molar-refractivity contribution in [3.05, 3.63) is 64.9 Å². The fourth-order valence-corrected chi connectivity index (χ4v) is 4.48. The minimum atomic E-state index is -0.435. The van der Waals surface area contributed by atoms with E-state index in [0.29, 0.717) is 29.7 Å². The van der Waals surface area contributed by atoms with E-state index in [1.54, 1.807) is 18.9 Å². The van der Waals surface area contributed by atoms with Crippen LogP contribution in [0.4, 0.5) is 5.95 Å². The molecule has 0 spiro atoms. The molecule has 5 rings (SSSR count). The number of aryl methyl sites for hydroxylation is 1. The number of nitrogens with zero attached hydrogens (tertiary/aromatic N) is 3. The lowest BCUT2D eigenvalue weighted by Gasteiger charge is -2.32. The number of methoxy groups -OCH3 is 2. The molecule has 7 nitrogen and oxygen atoms in total. The number of ketones is 1. The SMILES string of the molecule is COc1cccc([C@@H]2C3=C(CCCC3=O)Nc3nc(-c4cccc(C)c4)nn32)c1OC. The van der Waals surface area contributed by atoms with Gasteiger partial charge in [0.1, 0.15) is 6.04 Å². The Bertz CT molecular complexity index is 1210. The van der Waals surface area contributed by atoms with Gasteiger partial charge in [0.25, 0.3) is 0 Å². The lowest BCUT2D eigenvalue weighted by atomic mass is 9.85. The van der Waals surface area contributed by atoms with Crippen molar-refractivity contribution in [1.82, 2.24) is 14.8 Å². The summed E-state index contributed by atoms with van der Waals surface area (Å²) in [4.78, 5) is 17.8. The number of hydrogen-bond acceptors (Lipinski definition) is 6. The number of aromatic nitrogens is 3. The van der Waals surface area contributed by atoms with Crippen LogP contribution in [0.25, 0.3) is 11.4 Å². The van der Waals surface area contributed by atoms with E-state index in [1.807, 2.05) is 43.3 Å². The quantitative estimate of drug-likeness (QED) is 0.684. The Morgan fingerprint density at radius 3 is 2.71 bits per heavy atom. The summed E-state index contributed by atoms with van der Waals surface area (Å²) in [6.07, 6.45) is 2.15. The van der Waals surface area contributed by atoms with E-state index in [0.717, 1.165) is 40.8 Å². The maximum absolute atomic E-state index is 13.1. The summed E-state index contributed by atoms with van der Waals surface area (Å²) in [7, 11) is 3.22. The smallest absolute Gasteiger partial charge is 0.226 e. The molecule has 0 amide bonds. The maximum Gasteiger partial charge on any atom is 0.226 e. The van der Waals surface area contributed by atoms with Gasteiger partial charge in [-0.25, -0.2) is 4.68 Å². The molecule has 3 aromatic rings. The highest BCUT2D eigenvalue weighted by Gasteiger charge is 2.38. The monoisotopic (exact) mass is 416 g/mol. The average Bonchev–Trinajstić information content (AvgIpc) is 3.21. The van der Waals surface area contributed by atoms with Crippen LogP contribution in [0, 0.1) is 6.92 Å². The third-order valence-corrected chi connectivity index (χ3v) is 5.87. The van der Waals surface area contributed by atoms with Crippen LogP contribution in [0.5, 0.6) is 11.5 Å². The predicted octanol–water partition coefficient (Wildman–Crippen LogP) is 4.29. The number of para-hydroxylation sites is 1. The highest BCUT2D eigenvalue weighted by Crippen LogP contribution is 2.45. The molecule has 2 heterocycles. The van der Waals surface area contributed by atoms with Crippen molar-refractivity contribution in [3.63, 3.8) is 0 Å². The first-order valence-corrected chi connectivity index (χ1v) is 10.4. The van der Waals surface area contributed by atoms with Crippen LogP contribution in [-0.4, -0.2) is 34.8 Å². The Kier molecular flexibility index (Phi) is 4.73. The molecule has 1 N–H and O–H groups in total. The zero-order chi connectivity index (χ0) is 21.5. The highest BCUT2D eigenvalue weighted by atomic mass is 16.5. The molecule has 0 bridgehead atoms. The molecule has 0 fully saturated rings. The van der Waals surface area contributed by atoms with Crippen molar-refractivity contribution in [2.75, 3.05) is 19.5 Å². The Morgan fingerprint density at radius 1 is 1.10 bits per heavy atom. The lowest BCUT2D eigenvalue weighted by Crippen LogP contribution is -2.31. The summed E-state index contributed by atoms with van der Waals surface area (Å²) in [5.41, 5.74) is 4.54. The van der Waals surface area contributed by atoms with Crippen molar-refractivity contribution in [2.45, 2.75) is 32.2 Å². The fourth-order valence-electron chi connectivity index (χ4n) is 4.48. The summed E-state index contributed by atoms with van der Waals surface area (Å²) in [6, 6.07) is 13.4. The van der Waals surface area contributed by atoms with Gasteiger partial charge in [-0.2, -0.15) is 4.98 Å². The molecule has 31 heavy (non-hydrogen) atoms. The van der Waals surface area contributed by atoms with Crippen LogP contribution in [-0.2, 0) is 4.79 Å². The molecule has 0 unspecified atom stereocenters. The highest BCUT2D eigenvalue weighted by molar-refractivity contribution is 5.99. The van der Waals surface area contributed by atoms with Crippen molar-refractivity contribution in [2.24, 2.45) is 0 Å². The van der Waals surface area contributed by atoms with E-state index in [4.69, 9.17) is 19.6 Å². The predicted molar refractivity (Wildman–Crippen MR) is 117 cm³/mol. The fraction of sp³-hybridized carbons (Fsp3) is 0.292. The number of Topliss-reactive ketones (excluding diaryl/α,β-unsaturated/α-hetero) is 1. The third kappa shape index (κ3) is 3.17. The Hall–Kier alpha value is -3.61. The number of benzene rings is 2. The van der Waals surface area contributed by atoms with Crippen LogP contribution in [0.15, 0.2) is 53.7 Å². The van der Waals surface area contributed by atoms with Gasteiger partial charge in [0, 0.05) is 28.8 Å². The van der Waals surface area contributed by atoms with Crippen molar-refractivity contribution < 1.29 is 14.3 Å². The molecule has 0 saturated carbocycles. The first-order valence-electron chi connectivity index (χ1n) is 10.4. The number of carbonyl (C=O) groups is 1. The number of carbonyl (C=O) groups excluding carboxylic acids is 1. The zero-order valence-corrected chi connectivity index (χ0v) is 17.8. The number of fused-ring (bicyclic) bond motifs is 1. The van der Waals surface area contributed by atoms with E-state index in [2.05, 4.69) is 11.4 Å². The molecule has 0 radical (unpaired) electrons. The summed E-state index contributed by atoms with van der Waals surface area (Å²) in [6.45, 7) is 2.04. The van der Waals surface area contributed by atoms with E-state index in [1.165, 1.54) is 0 Å². The third-order valence-electron chi connectivity index (χ3n) is 5.87. The Labute approximate surface area is 180 Å². The Morgan fingerprint density at radius 2 is 1.94 bits per heavy atom. The average molecular weight is 416 g/mol. The van der Waals surface area contributed by atoms with E-state index in [-0.39, 0.29) is 5.78 Å².